The van der Waals surface area contributed by atoms with Crippen molar-refractivity contribution in [3.05, 3.63) is 82.6 Å². The van der Waals surface area contributed by atoms with E-state index in [0.717, 1.165) is 19.8 Å². The molecule has 1 aliphatic rings. The Morgan fingerprint density at radius 2 is 1.53 bits per heavy atom. The Bertz CT molecular complexity index is 1130. The molecule has 2 aromatic rings. The van der Waals surface area contributed by atoms with Gasteiger partial charge in [-0.25, -0.2) is 4.79 Å². The van der Waals surface area contributed by atoms with Crippen LogP contribution in [-0.4, -0.2) is 31.3 Å². The topological polar surface area (TPSA) is 120 Å². The number of benzene rings is 2. The Balaban J connectivity index is 2.47. The molecule has 3 rings (SSSR count). The number of hydrogen-bond donors (Lipinski definition) is 1. The normalized spacial score (nSPS) is 21.7. The van der Waals surface area contributed by atoms with E-state index in [2.05, 4.69) is 12.1 Å². The van der Waals surface area contributed by atoms with Crippen molar-refractivity contribution in [2.75, 3.05) is 14.2 Å². The molecule has 7 nitrogen and oxygen atoms in total. The number of esters is 2. The van der Waals surface area contributed by atoms with Gasteiger partial charge in [0, 0.05) is 5.92 Å². The van der Waals surface area contributed by atoms with Crippen LogP contribution in [0.4, 0.5) is 0 Å². The van der Waals surface area contributed by atoms with E-state index in [1.807, 2.05) is 6.92 Å². The minimum absolute atomic E-state index is 0.304. The standard InChI is InChI=1S/C25H22N2O5/c1-15-9-11-17(12-10-15)21-19(24(30)32-3)22(28)18(23(29)31-2)20(25(21,13-26)14-27)16-7-5-4-6-8-16/h4-12,18,20-21,28H,1-3H3/t18-,20+,21-/m1/s1. The lowest BCUT2D eigenvalue weighted by molar-refractivity contribution is -0.147. The van der Waals surface area contributed by atoms with Gasteiger partial charge in [-0.15, -0.1) is 0 Å². The lowest BCUT2D eigenvalue weighted by atomic mass is 9.54. The number of rotatable bonds is 4. The fraction of sp³-hybridized carbons (Fsp3) is 0.280. The molecule has 32 heavy (non-hydrogen) atoms. The first-order valence-corrected chi connectivity index (χ1v) is 9.89. The highest BCUT2D eigenvalue weighted by molar-refractivity contribution is 5.94. The molecule has 3 atom stereocenters. The van der Waals surface area contributed by atoms with Gasteiger partial charge in [0.2, 0.25) is 0 Å². The molecule has 1 N–H and O–H groups in total. The number of hydrogen-bond acceptors (Lipinski definition) is 7. The lowest BCUT2D eigenvalue weighted by Crippen LogP contribution is -2.47. The van der Waals surface area contributed by atoms with Gasteiger partial charge in [-0.05, 0) is 18.1 Å². The van der Waals surface area contributed by atoms with Crippen LogP contribution in [0.25, 0.3) is 0 Å². The summed E-state index contributed by atoms with van der Waals surface area (Å²) in [6, 6.07) is 19.7. The first kappa shape index (κ1) is 22.6. The van der Waals surface area contributed by atoms with Crippen molar-refractivity contribution < 1.29 is 24.2 Å². The molecule has 0 saturated carbocycles. The molecule has 0 aliphatic heterocycles. The van der Waals surface area contributed by atoms with E-state index in [-0.39, 0.29) is 5.57 Å². The average molecular weight is 430 g/mol. The van der Waals surface area contributed by atoms with Crippen molar-refractivity contribution in [2.24, 2.45) is 11.3 Å². The molecule has 0 heterocycles. The van der Waals surface area contributed by atoms with Gasteiger partial charge in [0.15, 0.2) is 5.41 Å². The number of ether oxygens (including phenoxy) is 2. The lowest BCUT2D eigenvalue weighted by Gasteiger charge is -2.44. The van der Waals surface area contributed by atoms with E-state index in [0.29, 0.717) is 11.1 Å². The fourth-order valence-corrected chi connectivity index (χ4v) is 4.45. The summed E-state index contributed by atoms with van der Waals surface area (Å²) in [5.74, 6) is -6.08. The number of aliphatic hydroxyl groups excluding tert-OH is 1. The highest BCUT2D eigenvalue weighted by Gasteiger charge is 2.61. The number of nitriles is 2. The van der Waals surface area contributed by atoms with Crippen molar-refractivity contribution in [1.82, 2.24) is 0 Å². The highest BCUT2D eigenvalue weighted by atomic mass is 16.5. The Labute approximate surface area is 186 Å². The minimum atomic E-state index is -1.93. The second-order valence-electron chi connectivity index (χ2n) is 7.62. The van der Waals surface area contributed by atoms with E-state index in [1.54, 1.807) is 54.6 Å². The van der Waals surface area contributed by atoms with E-state index < -0.39 is 40.9 Å². The van der Waals surface area contributed by atoms with Crippen LogP contribution in [-0.2, 0) is 19.1 Å². The van der Waals surface area contributed by atoms with E-state index in [4.69, 9.17) is 9.47 Å². The van der Waals surface area contributed by atoms with Gasteiger partial charge < -0.3 is 14.6 Å². The van der Waals surface area contributed by atoms with Crippen LogP contribution < -0.4 is 0 Å². The zero-order valence-electron chi connectivity index (χ0n) is 17.9. The van der Waals surface area contributed by atoms with Crippen molar-refractivity contribution in [3.63, 3.8) is 0 Å². The van der Waals surface area contributed by atoms with Crippen molar-refractivity contribution in [1.29, 1.82) is 10.5 Å². The van der Waals surface area contributed by atoms with E-state index in [1.165, 1.54) is 0 Å². The van der Waals surface area contributed by atoms with Gasteiger partial charge in [0.25, 0.3) is 0 Å². The third-order valence-corrected chi connectivity index (χ3v) is 5.94. The number of nitrogens with zero attached hydrogens (tertiary/aromatic N) is 2. The number of carbonyl (C=O) groups is 2. The molecule has 0 unspecified atom stereocenters. The predicted molar refractivity (Wildman–Crippen MR) is 114 cm³/mol. The summed E-state index contributed by atoms with van der Waals surface area (Å²) in [7, 11) is 2.27. The minimum Gasteiger partial charge on any atom is -0.511 e. The van der Waals surface area contributed by atoms with Crippen LogP contribution in [0.15, 0.2) is 65.9 Å². The number of aryl methyl sites for hydroxylation is 1. The summed E-state index contributed by atoms with van der Waals surface area (Å²) in [6.07, 6.45) is 0. The Hall–Kier alpha value is -4.10. The zero-order chi connectivity index (χ0) is 23.5. The fourth-order valence-electron chi connectivity index (χ4n) is 4.45. The Morgan fingerprint density at radius 3 is 2.03 bits per heavy atom. The van der Waals surface area contributed by atoms with Crippen LogP contribution in [0.1, 0.15) is 28.5 Å². The molecule has 162 valence electrons. The maximum atomic E-state index is 12.8. The molecular weight excluding hydrogens is 408 g/mol. The molecule has 2 aromatic carbocycles. The Kier molecular flexibility index (Phi) is 6.32. The van der Waals surface area contributed by atoms with Crippen LogP contribution in [0.2, 0.25) is 0 Å². The molecule has 0 fully saturated rings. The molecular formula is C25H22N2O5. The molecule has 0 radical (unpaired) electrons. The first-order chi connectivity index (χ1) is 15.4. The number of methoxy groups -OCH3 is 2. The summed E-state index contributed by atoms with van der Waals surface area (Å²) in [6.45, 7) is 1.88. The van der Waals surface area contributed by atoms with Crippen LogP contribution in [0.3, 0.4) is 0 Å². The molecule has 0 amide bonds. The third-order valence-electron chi connectivity index (χ3n) is 5.94. The van der Waals surface area contributed by atoms with Crippen molar-refractivity contribution in [2.45, 2.75) is 18.8 Å². The van der Waals surface area contributed by atoms with Crippen LogP contribution in [0.5, 0.6) is 0 Å². The first-order valence-electron chi connectivity index (χ1n) is 9.89. The maximum absolute atomic E-state index is 12.8. The van der Waals surface area contributed by atoms with Gasteiger partial charge in [-0.3, -0.25) is 4.79 Å². The maximum Gasteiger partial charge on any atom is 0.337 e. The van der Waals surface area contributed by atoms with E-state index in [9.17, 15) is 25.2 Å². The quantitative estimate of drug-likeness (QED) is 0.735. The van der Waals surface area contributed by atoms with Gasteiger partial charge in [0.05, 0.1) is 37.8 Å². The third kappa shape index (κ3) is 3.48. The molecule has 0 spiro atoms. The highest BCUT2D eigenvalue weighted by Crippen LogP contribution is 2.58. The second-order valence-corrected chi connectivity index (χ2v) is 7.62. The van der Waals surface area contributed by atoms with Crippen LogP contribution in [0, 0.1) is 40.9 Å². The number of carbonyl (C=O) groups excluding carboxylic acids is 2. The largest absolute Gasteiger partial charge is 0.511 e. The predicted octanol–water partition coefficient (Wildman–Crippen LogP) is 3.68. The van der Waals surface area contributed by atoms with Gasteiger partial charge in [-0.1, -0.05) is 60.2 Å². The van der Waals surface area contributed by atoms with Gasteiger partial charge in [-0.2, -0.15) is 10.5 Å². The smallest absolute Gasteiger partial charge is 0.337 e. The van der Waals surface area contributed by atoms with Crippen LogP contribution >= 0.6 is 0 Å². The summed E-state index contributed by atoms with van der Waals surface area (Å²) < 4.78 is 9.80. The van der Waals surface area contributed by atoms with Crippen molar-refractivity contribution >= 4 is 11.9 Å². The summed E-state index contributed by atoms with van der Waals surface area (Å²) in [5, 5.41) is 32.1. The summed E-state index contributed by atoms with van der Waals surface area (Å²) >= 11 is 0. The average Bonchev–Trinajstić information content (AvgIpc) is 2.83. The number of aliphatic hydroxyl groups is 1. The Morgan fingerprint density at radius 1 is 0.938 bits per heavy atom. The van der Waals surface area contributed by atoms with Crippen molar-refractivity contribution in [3.8, 4) is 12.1 Å². The molecule has 0 bridgehead atoms. The monoisotopic (exact) mass is 430 g/mol. The van der Waals surface area contributed by atoms with Gasteiger partial charge in [0.1, 0.15) is 11.7 Å². The summed E-state index contributed by atoms with van der Waals surface area (Å²) in [5.41, 5.74) is -0.343. The van der Waals surface area contributed by atoms with Gasteiger partial charge >= 0.3 is 11.9 Å². The molecule has 0 aromatic heterocycles. The second kappa shape index (κ2) is 8.95. The molecule has 1 aliphatic carbocycles. The summed E-state index contributed by atoms with van der Waals surface area (Å²) in [4.78, 5) is 25.7. The SMILES string of the molecule is COC(=O)C1=C(O)[C@H](C(=O)OC)[C@H](c2ccccc2)C(C#N)(C#N)[C@@H]1c1ccc(C)cc1. The van der Waals surface area contributed by atoms with E-state index >= 15 is 0 Å². The molecule has 0 saturated heterocycles. The molecule has 7 heteroatoms. The zero-order valence-corrected chi connectivity index (χ0v) is 17.9.